The van der Waals surface area contributed by atoms with Crippen molar-refractivity contribution in [3.05, 3.63) is 48.0 Å². The van der Waals surface area contributed by atoms with Gasteiger partial charge >= 0.3 is 0 Å². The van der Waals surface area contributed by atoms with Crippen molar-refractivity contribution < 1.29 is 5.11 Å². The fraction of sp³-hybridized carbons (Fsp3) is 0.0769. The first-order chi connectivity index (χ1) is 7.16. The molecule has 2 aromatic rings. The third-order valence-electron chi connectivity index (χ3n) is 2.45. The van der Waals surface area contributed by atoms with E-state index in [-0.39, 0.29) is 0 Å². The minimum absolute atomic E-state index is 0.323. The third kappa shape index (κ3) is 1.94. The topological polar surface area (TPSA) is 46.2 Å². The van der Waals surface area contributed by atoms with Gasteiger partial charge in [-0.1, -0.05) is 24.3 Å². The Morgan fingerprint density at radius 1 is 0.933 bits per heavy atom. The lowest BCUT2D eigenvalue weighted by molar-refractivity contribution is 0.471. The van der Waals surface area contributed by atoms with Crippen molar-refractivity contribution in [1.29, 1.82) is 0 Å². The molecule has 0 saturated heterocycles. The van der Waals surface area contributed by atoms with Gasteiger partial charge in [0.1, 0.15) is 5.75 Å². The molecule has 0 fully saturated rings. The maximum Gasteiger partial charge on any atom is 0.119 e. The number of phenols is 1. The Hall–Kier alpha value is -1.96. The van der Waals surface area contributed by atoms with Gasteiger partial charge in [0.05, 0.1) is 0 Å². The van der Waals surface area contributed by atoms with E-state index in [9.17, 15) is 5.11 Å². The Labute approximate surface area is 89.0 Å². The normalized spacial score (nSPS) is 10.2. The van der Waals surface area contributed by atoms with Crippen molar-refractivity contribution in [3.63, 3.8) is 0 Å². The molecule has 0 heterocycles. The molecular formula is C13H13NO. The molecule has 0 radical (unpaired) electrons. The molecule has 0 spiro atoms. The minimum atomic E-state index is 0.323. The summed E-state index contributed by atoms with van der Waals surface area (Å²) in [6.07, 6.45) is 0. The molecule has 0 amide bonds. The summed E-state index contributed by atoms with van der Waals surface area (Å²) < 4.78 is 0. The highest BCUT2D eigenvalue weighted by Crippen LogP contribution is 2.26. The molecule has 0 unspecified atom stereocenters. The van der Waals surface area contributed by atoms with Crippen molar-refractivity contribution in [1.82, 2.24) is 0 Å². The molecule has 2 rings (SSSR count). The first-order valence-electron chi connectivity index (χ1n) is 4.82. The summed E-state index contributed by atoms with van der Waals surface area (Å²) in [5.41, 5.74) is 9.29. The number of hydrogen-bond donors (Lipinski definition) is 2. The summed E-state index contributed by atoms with van der Waals surface area (Å²) in [6.45, 7) is 1.88. The fourth-order valence-corrected chi connectivity index (χ4v) is 1.46. The van der Waals surface area contributed by atoms with Crippen LogP contribution in [0.25, 0.3) is 11.1 Å². The maximum absolute atomic E-state index is 9.59. The van der Waals surface area contributed by atoms with Gasteiger partial charge in [-0.15, -0.1) is 0 Å². The van der Waals surface area contributed by atoms with Crippen molar-refractivity contribution in [2.24, 2.45) is 0 Å². The van der Waals surface area contributed by atoms with E-state index in [1.807, 2.05) is 43.3 Å². The van der Waals surface area contributed by atoms with Gasteiger partial charge in [0.2, 0.25) is 0 Å². The van der Waals surface area contributed by atoms with Crippen LogP contribution in [0.1, 0.15) is 5.56 Å². The average molecular weight is 199 g/mol. The molecule has 0 bridgehead atoms. The van der Waals surface area contributed by atoms with Crippen LogP contribution in [-0.2, 0) is 0 Å². The zero-order valence-electron chi connectivity index (χ0n) is 8.57. The number of benzene rings is 2. The monoisotopic (exact) mass is 199 g/mol. The number of phenolic OH excluding ortho intramolecular Hbond substituents is 1. The van der Waals surface area contributed by atoms with E-state index in [1.165, 1.54) is 0 Å². The number of nitrogens with two attached hydrogens (primary N) is 1. The van der Waals surface area contributed by atoms with Gasteiger partial charge in [0.25, 0.3) is 0 Å². The van der Waals surface area contributed by atoms with E-state index in [0.717, 1.165) is 22.4 Å². The van der Waals surface area contributed by atoms with Gasteiger partial charge in [0, 0.05) is 5.69 Å². The molecule has 0 aliphatic heterocycles. The fourth-order valence-electron chi connectivity index (χ4n) is 1.46. The van der Waals surface area contributed by atoms with Crippen LogP contribution in [0, 0.1) is 6.92 Å². The average Bonchev–Trinajstić information content (AvgIpc) is 2.23. The van der Waals surface area contributed by atoms with E-state index >= 15 is 0 Å². The second-order valence-electron chi connectivity index (χ2n) is 3.62. The predicted octanol–water partition coefficient (Wildman–Crippen LogP) is 2.95. The Balaban J connectivity index is 2.45. The van der Waals surface area contributed by atoms with Crippen LogP contribution in [0.3, 0.4) is 0 Å². The smallest absolute Gasteiger partial charge is 0.119 e. The molecule has 0 aromatic heterocycles. The zero-order chi connectivity index (χ0) is 10.8. The quantitative estimate of drug-likeness (QED) is 0.693. The van der Waals surface area contributed by atoms with E-state index in [4.69, 9.17) is 5.73 Å². The molecular weight excluding hydrogens is 186 g/mol. The molecule has 0 atom stereocenters. The predicted molar refractivity (Wildman–Crippen MR) is 62.7 cm³/mol. The second kappa shape index (κ2) is 3.65. The molecule has 76 valence electrons. The van der Waals surface area contributed by atoms with E-state index in [0.29, 0.717) is 5.75 Å². The lowest BCUT2D eigenvalue weighted by Crippen LogP contribution is -1.84. The largest absolute Gasteiger partial charge is 0.508 e. The summed E-state index contributed by atoms with van der Waals surface area (Å²) in [7, 11) is 0. The van der Waals surface area contributed by atoms with Gasteiger partial charge in [-0.05, 0) is 41.8 Å². The van der Waals surface area contributed by atoms with E-state index < -0.39 is 0 Å². The van der Waals surface area contributed by atoms with Gasteiger partial charge in [0.15, 0.2) is 0 Å². The summed E-state index contributed by atoms with van der Waals surface area (Å²) in [4.78, 5) is 0. The standard InChI is InChI=1S/C13H13NO/c1-9-2-3-11(8-13(9)15)10-4-6-12(14)7-5-10/h2-8,15H,14H2,1H3. The molecule has 3 N–H and O–H groups in total. The van der Waals surface area contributed by atoms with Crippen molar-refractivity contribution in [2.45, 2.75) is 6.92 Å². The third-order valence-corrected chi connectivity index (χ3v) is 2.45. The summed E-state index contributed by atoms with van der Waals surface area (Å²) in [5, 5.41) is 9.59. The number of aryl methyl sites for hydroxylation is 1. The summed E-state index contributed by atoms with van der Waals surface area (Å²) in [6, 6.07) is 13.2. The van der Waals surface area contributed by atoms with Crippen LogP contribution in [0.2, 0.25) is 0 Å². The molecule has 0 aliphatic rings. The van der Waals surface area contributed by atoms with Crippen molar-refractivity contribution in [2.75, 3.05) is 5.73 Å². The molecule has 2 aromatic carbocycles. The Morgan fingerprint density at radius 3 is 2.13 bits per heavy atom. The van der Waals surface area contributed by atoms with Crippen molar-refractivity contribution >= 4 is 5.69 Å². The van der Waals surface area contributed by atoms with Gasteiger partial charge < -0.3 is 10.8 Å². The zero-order valence-corrected chi connectivity index (χ0v) is 8.57. The summed E-state index contributed by atoms with van der Waals surface area (Å²) in [5.74, 6) is 0.323. The lowest BCUT2D eigenvalue weighted by atomic mass is 10.0. The highest BCUT2D eigenvalue weighted by Gasteiger charge is 2.00. The van der Waals surface area contributed by atoms with Crippen LogP contribution in [0.5, 0.6) is 5.75 Å². The minimum Gasteiger partial charge on any atom is -0.508 e. The molecule has 0 aliphatic carbocycles. The van der Waals surface area contributed by atoms with Crippen LogP contribution in [0.4, 0.5) is 5.69 Å². The highest BCUT2D eigenvalue weighted by atomic mass is 16.3. The van der Waals surface area contributed by atoms with Crippen LogP contribution in [-0.4, -0.2) is 5.11 Å². The second-order valence-corrected chi connectivity index (χ2v) is 3.62. The SMILES string of the molecule is Cc1ccc(-c2ccc(N)cc2)cc1O. The van der Waals surface area contributed by atoms with Gasteiger partial charge in [-0.2, -0.15) is 0 Å². The number of anilines is 1. The molecule has 15 heavy (non-hydrogen) atoms. The van der Waals surface area contributed by atoms with E-state index in [2.05, 4.69) is 0 Å². The maximum atomic E-state index is 9.59. The first-order valence-corrected chi connectivity index (χ1v) is 4.82. The molecule has 2 heteroatoms. The van der Waals surface area contributed by atoms with E-state index in [1.54, 1.807) is 6.07 Å². The van der Waals surface area contributed by atoms with Crippen LogP contribution in [0.15, 0.2) is 42.5 Å². The number of hydrogen-bond acceptors (Lipinski definition) is 2. The number of rotatable bonds is 1. The molecule has 2 nitrogen and oxygen atoms in total. The van der Waals surface area contributed by atoms with Gasteiger partial charge in [-0.3, -0.25) is 0 Å². The van der Waals surface area contributed by atoms with Crippen LogP contribution >= 0.6 is 0 Å². The number of aromatic hydroxyl groups is 1. The first kappa shape index (κ1) is 9.59. The Kier molecular flexibility index (Phi) is 2.34. The van der Waals surface area contributed by atoms with Gasteiger partial charge in [-0.25, -0.2) is 0 Å². The Bertz CT molecular complexity index is 474. The number of nitrogen functional groups attached to an aromatic ring is 1. The lowest BCUT2D eigenvalue weighted by Gasteiger charge is -2.04. The molecule has 0 saturated carbocycles. The highest BCUT2D eigenvalue weighted by molar-refractivity contribution is 5.67. The van der Waals surface area contributed by atoms with Crippen LogP contribution < -0.4 is 5.73 Å². The van der Waals surface area contributed by atoms with Crippen molar-refractivity contribution in [3.8, 4) is 16.9 Å². The Morgan fingerprint density at radius 2 is 1.53 bits per heavy atom. The summed E-state index contributed by atoms with van der Waals surface area (Å²) >= 11 is 0.